The molecule has 17 heavy (non-hydrogen) atoms. The summed E-state index contributed by atoms with van der Waals surface area (Å²) in [6, 6.07) is 1.43. The molecule has 0 aromatic carbocycles. The van der Waals surface area contributed by atoms with Crippen LogP contribution in [0.15, 0.2) is 10.9 Å². The van der Waals surface area contributed by atoms with Crippen molar-refractivity contribution in [2.24, 2.45) is 0 Å². The summed E-state index contributed by atoms with van der Waals surface area (Å²) in [6.45, 7) is 2.40. The summed E-state index contributed by atoms with van der Waals surface area (Å²) in [5.74, 6) is 1.21. The van der Waals surface area contributed by atoms with Crippen LogP contribution in [0.4, 0.5) is 5.82 Å². The fourth-order valence-corrected chi connectivity index (χ4v) is 2.23. The largest absolute Gasteiger partial charge is 0.388 e. The standard InChI is InChI=1S/C12H19N3O2/c1-2-9-14-10(7-11(16)15-9)13-8-12(17)5-3-4-6-12/h7,17H,2-6,8H2,1H3,(H2,13,14,15,16). The Morgan fingerprint density at radius 1 is 1.53 bits per heavy atom. The van der Waals surface area contributed by atoms with E-state index >= 15 is 0 Å². The molecule has 0 bridgehead atoms. The van der Waals surface area contributed by atoms with Crippen molar-refractivity contribution in [3.05, 3.63) is 22.2 Å². The highest BCUT2D eigenvalue weighted by atomic mass is 16.3. The maximum Gasteiger partial charge on any atom is 0.252 e. The molecule has 0 amide bonds. The predicted octanol–water partition coefficient (Wildman–Crippen LogP) is 1.05. The zero-order valence-corrected chi connectivity index (χ0v) is 10.1. The Morgan fingerprint density at radius 2 is 2.24 bits per heavy atom. The van der Waals surface area contributed by atoms with Crippen molar-refractivity contribution in [3.8, 4) is 0 Å². The lowest BCUT2D eigenvalue weighted by molar-refractivity contribution is 0.0614. The second kappa shape index (κ2) is 4.87. The number of rotatable bonds is 4. The van der Waals surface area contributed by atoms with Crippen LogP contribution in [0.25, 0.3) is 0 Å². The lowest BCUT2D eigenvalue weighted by Crippen LogP contribution is -2.34. The van der Waals surface area contributed by atoms with E-state index in [2.05, 4.69) is 15.3 Å². The molecule has 0 unspecified atom stereocenters. The lowest BCUT2D eigenvalue weighted by atomic mass is 10.0. The van der Waals surface area contributed by atoms with Gasteiger partial charge in [0.25, 0.3) is 5.56 Å². The number of aromatic nitrogens is 2. The molecule has 94 valence electrons. The van der Waals surface area contributed by atoms with E-state index in [1.165, 1.54) is 6.07 Å². The van der Waals surface area contributed by atoms with E-state index in [4.69, 9.17) is 0 Å². The summed E-state index contributed by atoms with van der Waals surface area (Å²) in [5.41, 5.74) is -0.783. The molecule has 2 rings (SSSR count). The Morgan fingerprint density at radius 3 is 2.88 bits per heavy atom. The van der Waals surface area contributed by atoms with Gasteiger partial charge in [0, 0.05) is 19.0 Å². The zero-order chi connectivity index (χ0) is 12.3. The normalized spacial score (nSPS) is 18.2. The van der Waals surface area contributed by atoms with Gasteiger partial charge in [-0.15, -0.1) is 0 Å². The Kier molecular flexibility index (Phi) is 3.47. The Labute approximate surface area is 100 Å². The Bertz CT molecular complexity index is 436. The number of aryl methyl sites for hydroxylation is 1. The molecule has 1 fully saturated rings. The molecule has 0 radical (unpaired) electrons. The molecule has 0 spiro atoms. The van der Waals surface area contributed by atoms with Crippen LogP contribution in [0.3, 0.4) is 0 Å². The first-order valence-corrected chi connectivity index (χ1v) is 6.18. The van der Waals surface area contributed by atoms with Gasteiger partial charge in [-0.1, -0.05) is 19.8 Å². The molecule has 1 aliphatic rings. The molecule has 0 aliphatic heterocycles. The lowest BCUT2D eigenvalue weighted by Gasteiger charge is -2.22. The van der Waals surface area contributed by atoms with Crippen LogP contribution < -0.4 is 10.9 Å². The average Bonchev–Trinajstić information content (AvgIpc) is 2.73. The monoisotopic (exact) mass is 237 g/mol. The first kappa shape index (κ1) is 12.1. The third-order valence-electron chi connectivity index (χ3n) is 3.26. The van der Waals surface area contributed by atoms with Crippen LogP contribution in [0.1, 0.15) is 38.4 Å². The highest BCUT2D eigenvalue weighted by Gasteiger charge is 2.30. The van der Waals surface area contributed by atoms with E-state index in [0.29, 0.717) is 24.6 Å². The number of nitrogens with zero attached hydrogens (tertiary/aromatic N) is 1. The molecule has 5 heteroatoms. The van der Waals surface area contributed by atoms with E-state index in [1.807, 2.05) is 6.92 Å². The van der Waals surface area contributed by atoms with Crippen molar-refractivity contribution in [3.63, 3.8) is 0 Å². The summed E-state index contributed by atoms with van der Waals surface area (Å²) < 4.78 is 0. The third kappa shape index (κ3) is 3.06. The number of hydrogen-bond acceptors (Lipinski definition) is 4. The SMILES string of the molecule is CCc1nc(NCC2(O)CCCC2)cc(=O)[nH]1. The van der Waals surface area contributed by atoms with Gasteiger partial charge in [0.2, 0.25) is 0 Å². The number of aliphatic hydroxyl groups is 1. The van der Waals surface area contributed by atoms with E-state index in [9.17, 15) is 9.90 Å². The van der Waals surface area contributed by atoms with Gasteiger partial charge in [-0.05, 0) is 12.8 Å². The maximum atomic E-state index is 11.3. The summed E-state index contributed by atoms with van der Waals surface area (Å²) in [4.78, 5) is 18.3. The second-order valence-corrected chi connectivity index (χ2v) is 4.72. The van der Waals surface area contributed by atoms with Crippen molar-refractivity contribution in [2.45, 2.75) is 44.6 Å². The Balaban J connectivity index is 2.03. The molecule has 0 atom stereocenters. The maximum absolute atomic E-state index is 11.3. The van der Waals surface area contributed by atoms with Crippen LogP contribution in [0, 0.1) is 0 Å². The highest BCUT2D eigenvalue weighted by molar-refractivity contribution is 5.33. The van der Waals surface area contributed by atoms with E-state index in [0.717, 1.165) is 25.7 Å². The van der Waals surface area contributed by atoms with Gasteiger partial charge in [0.15, 0.2) is 0 Å². The number of nitrogens with one attached hydrogen (secondary N) is 2. The third-order valence-corrected chi connectivity index (χ3v) is 3.26. The van der Waals surface area contributed by atoms with Crippen molar-refractivity contribution in [1.82, 2.24) is 9.97 Å². The number of H-pyrrole nitrogens is 1. The van der Waals surface area contributed by atoms with Gasteiger partial charge in [-0.2, -0.15) is 0 Å². The second-order valence-electron chi connectivity index (χ2n) is 4.72. The van der Waals surface area contributed by atoms with Crippen LogP contribution in [-0.4, -0.2) is 27.2 Å². The summed E-state index contributed by atoms with van der Waals surface area (Å²) in [6.07, 6.45) is 4.48. The van der Waals surface area contributed by atoms with E-state index in [1.54, 1.807) is 0 Å². The summed E-state index contributed by atoms with van der Waals surface area (Å²) in [7, 11) is 0. The number of hydrogen-bond donors (Lipinski definition) is 3. The van der Waals surface area contributed by atoms with Crippen molar-refractivity contribution < 1.29 is 5.11 Å². The van der Waals surface area contributed by atoms with E-state index < -0.39 is 5.60 Å². The zero-order valence-electron chi connectivity index (χ0n) is 10.1. The molecule has 1 saturated carbocycles. The van der Waals surface area contributed by atoms with Crippen molar-refractivity contribution >= 4 is 5.82 Å². The van der Waals surface area contributed by atoms with Gasteiger partial charge in [0.1, 0.15) is 11.6 Å². The predicted molar refractivity (Wildman–Crippen MR) is 66.1 cm³/mol. The molecule has 1 aliphatic carbocycles. The fourth-order valence-electron chi connectivity index (χ4n) is 2.23. The molecular weight excluding hydrogens is 218 g/mol. The quantitative estimate of drug-likeness (QED) is 0.731. The molecule has 3 N–H and O–H groups in total. The minimum Gasteiger partial charge on any atom is -0.388 e. The van der Waals surface area contributed by atoms with Gasteiger partial charge < -0.3 is 15.4 Å². The van der Waals surface area contributed by atoms with E-state index in [-0.39, 0.29) is 5.56 Å². The van der Waals surface area contributed by atoms with Crippen LogP contribution >= 0.6 is 0 Å². The smallest absolute Gasteiger partial charge is 0.252 e. The minimum atomic E-state index is -0.628. The first-order valence-electron chi connectivity index (χ1n) is 6.18. The van der Waals surface area contributed by atoms with Gasteiger partial charge in [-0.25, -0.2) is 4.98 Å². The van der Waals surface area contributed by atoms with Crippen LogP contribution in [0.2, 0.25) is 0 Å². The first-order chi connectivity index (χ1) is 8.11. The summed E-state index contributed by atoms with van der Waals surface area (Å²) >= 11 is 0. The number of anilines is 1. The van der Waals surface area contributed by atoms with Crippen LogP contribution in [-0.2, 0) is 6.42 Å². The number of aromatic amines is 1. The van der Waals surface area contributed by atoms with Gasteiger partial charge in [-0.3, -0.25) is 4.79 Å². The highest BCUT2D eigenvalue weighted by Crippen LogP contribution is 2.29. The molecular formula is C12H19N3O2. The molecule has 0 saturated heterocycles. The molecule has 1 aromatic rings. The van der Waals surface area contributed by atoms with Crippen LogP contribution in [0.5, 0.6) is 0 Å². The molecule has 1 aromatic heterocycles. The summed E-state index contributed by atoms with van der Waals surface area (Å²) in [5, 5.41) is 13.2. The fraction of sp³-hybridized carbons (Fsp3) is 0.667. The van der Waals surface area contributed by atoms with Gasteiger partial charge in [0.05, 0.1) is 5.60 Å². The van der Waals surface area contributed by atoms with Crippen molar-refractivity contribution in [2.75, 3.05) is 11.9 Å². The average molecular weight is 237 g/mol. The molecule has 1 heterocycles. The topological polar surface area (TPSA) is 78.0 Å². The van der Waals surface area contributed by atoms with Crippen molar-refractivity contribution in [1.29, 1.82) is 0 Å². The Hall–Kier alpha value is -1.36. The molecule has 5 nitrogen and oxygen atoms in total. The van der Waals surface area contributed by atoms with Gasteiger partial charge >= 0.3 is 0 Å². The minimum absolute atomic E-state index is 0.155.